The predicted molar refractivity (Wildman–Crippen MR) is 79.7 cm³/mol. The van der Waals surface area contributed by atoms with Gasteiger partial charge in [-0.3, -0.25) is 4.98 Å². The first kappa shape index (κ1) is 13.0. The van der Waals surface area contributed by atoms with Crippen molar-refractivity contribution in [2.45, 2.75) is 6.54 Å². The summed E-state index contributed by atoms with van der Waals surface area (Å²) in [7, 11) is 0. The zero-order valence-corrected chi connectivity index (χ0v) is 11.9. The van der Waals surface area contributed by atoms with Crippen molar-refractivity contribution in [2.24, 2.45) is 0 Å². The van der Waals surface area contributed by atoms with Crippen molar-refractivity contribution in [1.82, 2.24) is 20.2 Å². The topological polar surface area (TPSA) is 63.6 Å². The van der Waals surface area contributed by atoms with E-state index in [1.54, 1.807) is 17.5 Å². The molecule has 20 heavy (non-hydrogen) atoms. The molecule has 0 aliphatic heterocycles. The lowest BCUT2D eigenvalue weighted by molar-refractivity contribution is 0.982. The van der Waals surface area contributed by atoms with Crippen LogP contribution in [0, 0.1) is 0 Å². The first-order valence-corrected chi connectivity index (χ1v) is 7.10. The fourth-order valence-electron chi connectivity index (χ4n) is 1.62. The summed E-state index contributed by atoms with van der Waals surface area (Å²) in [5.41, 5.74) is 1.07. The van der Waals surface area contributed by atoms with E-state index < -0.39 is 0 Å². The van der Waals surface area contributed by atoms with Crippen LogP contribution >= 0.6 is 22.9 Å². The molecule has 1 N–H and O–H groups in total. The molecule has 0 bridgehead atoms. The van der Waals surface area contributed by atoms with Crippen molar-refractivity contribution >= 4 is 28.8 Å². The molecule has 3 rings (SSSR count). The van der Waals surface area contributed by atoms with Crippen LogP contribution in [0.5, 0.6) is 0 Å². The van der Waals surface area contributed by atoms with Crippen LogP contribution in [0.4, 0.5) is 5.82 Å². The number of nitrogens with one attached hydrogen (secondary N) is 1. The maximum absolute atomic E-state index is 5.77. The Morgan fingerprint density at radius 1 is 1.10 bits per heavy atom. The highest BCUT2D eigenvalue weighted by molar-refractivity contribution is 7.14. The van der Waals surface area contributed by atoms with Crippen LogP contribution < -0.4 is 5.32 Å². The molecule has 0 unspecified atom stereocenters. The van der Waals surface area contributed by atoms with Crippen molar-refractivity contribution in [3.8, 4) is 10.6 Å². The van der Waals surface area contributed by atoms with Gasteiger partial charge in [-0.2, -0.15) is 0 Å². The van der Waals surface area contributed by atoms with E-state index in [-0.39, 0.29) is 0 Å². The molecule has 0 fully saturated rings. The Morgan fingerprint density at radius 2 is 1.95 bits per heavy atom. The van der Waals surface area contributed by atoms with E-state index >= 15 is 0 Å². The fraction of sp³-hybridized carbons (Fsp3) is 0.0769. The van der Waals surface area contributed by atoms with Gasteiger partial charge in [0.2, 0.25) is 0 Å². The van der Waals surface area contributed by atoms with Gasteiger partial charge in [-0.25, -0.2) is 4.98 Å². The second-order valence-electron chi connectivity index (χ2n) is 3.95. The predicted octanol–water partition coefficient (Wildman–Crippen LogP) is 3.26. The monoisotopic (exact) mass is 303 g/mol. The third kappa shape index (κ3) is 3.09. The normalized spacial score (nSPS) is 10.4. The number of rotatable bonds is 4. The minimum absolute atomic E-state index is 0.359. The summed E-state index contributed by atoms with van der Waals surface area (Å²) in [6, 6.07) is 9.97. The van der Waals surface area contributed by atoms with E-state index in [0.29, 0.717) is 17.5 Å². The zero-order chi connectivity index (χ0) is 13.8. The standard InChI is InChI=1S/C13H10ClN5S/c14-10-6-15-7-11(17-10)16-8-12-18-19-13(20-12)9-4-2-1-3-5-9/h1-7H,8H2,(H,16,17). The lowest BCUT2D eigenvalue weighted by Crippen LogP contribution is -2.01. The lowest BCUT2D eigenvalue weighted by atomic mass is 10.2. The van der Waals surface area contributed by atoms with Crippen molar-refractivity contribution in [1.29, 1.82) is 0 Å². The number of anilines is 1. The van der Waals surface area contributed by atoms with Crippen molar-refractivity contribution in [3.05, 3.63) is 52.9 Å². The summed E-state index contributed by atoms with van der Waals surface area (Å²) in [4.78, 5) is 8.06. The second-order valence-corrected chi connectivity index (χ2v) is 5.40. The molecular weight excluding hydrogens is 294 g/mol. The van der Waals surface area contributed by atoms with Gasteiger partial charge in [-0.15, -0.1) is 10.2 Å². The van der Waals surface area contributed by atoms with Crippen LogP contribution in [0.2, 0.25) is 5.15 Å². The van der Waals surface area contributed by atoms with Crippen LogP contribution in [0.3, 0.4) is 0 Å². The van der Waals surface area contributed by atoms with E-state index in [2.05, 4.69) is 25.5 Å². The minimum Gasteiger partial charge on any atom is -0.362 e. The number of halogens is 1. The Labute approximate surface area is 124 Å². The van der Waals surface area contributed by atoms with Crippen molar-refractivity contribution in [3.63, 3.8) is 0 Å². The average Bonchev–Trinajstić information content (AvgIpc) is 2.95. The van der Waals surface area contributed by atoms with E-state index in [9.17, 15) is 0 Å². The SMILES string of the molecule is Clc1cncc(NCc2nnc(-c3ccccc3)s2)n1. The van der Waals surface area contributed by atoms with Gasteiger partial charge in [0.05, 0.1) is 18.9 Å². The highest BCUT2D eigenvalue weighted by atomic mass is 35.5. The summed E-state index contributed by atoms with van der Waals surface area (Å²) in [6.07, 6.45) is 3.11. The Hall–Kier alpha value is -2.05. The molecule has 0 spiro atoms. The van der Waals surface area contributed by atoms with Gasteiger partial charge in [0.15, 0.2) is 0 Å². The Bertz CT molecular complexity index is 701. The molecule has 5 nitrogen and oxygen atoms in total. The highest BCUT2D eigenvalue weighted by Gasteiger charge is 2.06. The van der Waals surface area contributed by atoms with Gasteiger partial charge >= 0.3 is 0 Å². The van der Waals surface area contributed by atoms with Gasteiger partial charge in [0.1, 0.15) is 21.0 Å². The summed E-state index contributed by atoms with van der Waals surface area (Å²) in [5.74, 6) is 0.619. The zero-order valence-electron chi connectivity index (χ0n) is 10.3. The summed E-state index contributed by atoms with van der Waals surface area (Å²) >= 11 is 7.32. The van der Waals surface area contributed by atoms with Crippen LogP contribution in [0.25, 0.3) is 10.6 Å². The number of nitrogens with zero attached hydrogens (tertiary/aromatic N) is 4. The number of aromatic nitrogens is 4. The molecule has 2 aromatic heterocycles. The molecule has 2 heterocycles. The van der Waals surface area contributed by atoms with Crippen LogP contribution in [-0.2, 0) is 6.54 Å². The Kier molecular flexibility index (Phi) is 3.85. The first-order valence-electron chi connectivity index (χ1n) is 5.90. The molecule has 0 saturated heterocycles. The molecule has 0 aliphatic carbocycles. The van der Waals surface area contributed by atoms with Crippen LogP contribution in [0.15, 0.2) is 42.7 Å². The maximum atomic E-state index is 5.77. The third-order valence-electron chi connectivity index (χ3n) is 2.51. The summed E-state index contributed by atoms with van der Waals surface area (Å²) in [6.45, 7) is 0.541. The van der Waals surface area contributed by atoms with Gasteiger partial charge < -0.3 is 5.32 Å². The number of hydrogen-bond donors (Lipinski definition) is 1. The number of hydrogen-bond acceptors (Lipinski definition) is 6. The van der Waals surface area contributed by atoms with E-state index in [1.165, 1.54) is 6.20 Å². The molecule has 0 aliphatic rings. The largest absolute Gasteiger partial charge is 0.362 e. The van der Waals surface area contributed by atoms with E-state index in [0.717, 1.165) is 15.6 Å². The van der Waals surface area contributed by atoms with E-state index in [1.807, 2.05) is 30.3 Å². The fourth-order valence-corrected chi connectivity index (χ4v) is 2.55. The van der Waals surface area contributed by atoms with Gasteiger partial charge in [0.25, 0.3) is 0 Å². The van der Waals surface area contributed by atoms with Crippen LogP contribution in [-0.4, -0.2) is 20.2 Å². The Morgan fingerprint density at radius 3 is 2.75 bits per heavy atom. The molecule has 1 aromatic carbocycles. The molecule has 0 saturated carbocycles. The molecule has 7 heteroatoms. The van der Waals surface area contributed by atoms with Gasteiger partial charge in [-0.05, 0) is 0 Å². The summed E-state index contributed by atoms with van der Waals surface area (Å²) < 4.78 is 0. The molecule has 3 aromatic rings. The van der Waals surface area contributed by atoms with Crippen LogP contribution in [0.1, 0.15) is 5.01 Å². The Balaban J connectivity index is 1.69. The molecule has 100 valence electrons. The van der Waals surface area contributed by atoms with Crippen molar-refractivity contribution in [2.75, 3.05) is 5.32 Å². The quantitative estimate of drug-likeness (QED) is 0.801. The number of benzene rings is 1. The molecule has 0 atom stereocenters. The molecular formula is C13H10ClN5S. The lowest BCUT2D eigenvalue weighted by Gasteiger charge is -2.01. The highest BCUT2D eigenvalue weighted by Crippen LogP contribution is 2.23. The molecule has 0 amide bonds. The van der Waals surface area contributed by atoms with Crippen molar-refractivity contribution < 1.29 is 0 Å². The maximum Gasteiger partial charge on any atom is 0.149 e. The van der Waals surface area contributed by atoms with Gasteiger partial charge in [-0.1, -0.05) is 53.3 Å². The smallest absolute Gasteiger partial charge is 0.149 e. The average molecular weight is 304 g/mol. The first-order chi connectivity index (χ1) is 9.81. The minimum atomic E-state index is 0.359. The van der Waals surface area contributed by atoms with Gasteiger partial charge in [0, 0.05) is 5.56 Å². The molecule has 0 radical (unpaired) electrons. The van der Waals surface area contributed by atoms with E-state index in [4.69, 9.17) is 11.6 Å². The third-order valence-corrected chi connectivity index (χ3v) is 3.67. The summed E-state index contributed by atoms with van der Waals surface area (Å²) in [5, 5.41) is 13.6. The second kappa shape index (κ2) is 5.94.